The third kappa shape index (κ3) is 5.97. The van der Waals surface area contributed by atoms with Crippen LogP contribution in [0.25, 0.3) is 0 Å². The molecule has 0 amide bonds. The number of hydrogen-bond donors (Lipinski definition) is 1. The van der Waals surface area contributed by atoms with Gasteiger partial charge < -0.3 is 5.32 Å². The van der Waals surface area contributed by atoms with Gasteiger partial charge in [-0.25, -0.2) is 0 Å². The van der Waals surface area contributed by atoms with E-state index in [1.54, 1.807) is 0 Å². The van der Waals surface area contributed by atoms with E-state index in [0.29, 0.717) is 4.75 Å². The van der Waals surface area contributed by atoms with E-state index in [-0.39, 0.29) is 5.54 Å². The van der Waals surface area contributed by atoms with E-state index in [9.17, 15) is 0 Å². The van der Waals surface area contributed by atoms with Crippen molar-refractivity contribution in [2.45, 2.75) is 58.0 Å². The van der Waals surface area contributed by atoms with E-state index in [1.807, 2.05) is 6.20 Å². The van der Waals surface area contributed by atoms with Crippen molar-refractivity contribution in [2.24, 2.45) is 0 Å². The van der Waals surface area contributed by atoms with Crippen molar-refractivity contribution in [1.82, 2.24) is 15.2 Å². The predicted octanol–water partition coefficient (Wildman–Crippen LogP) is 3.30. The molecule has 1 aliphatic heterocycles. The summed E-state index contributed by atoms with van der Waals surface area (Å²) in [6, 6.07) is 4.37. The van der Waals surface area contributed by atoms with Gasteiger partial charge in [-0.3, -0.25) is 9.88 Å². The summed E-state index contributed by atoms with van der Waals surface area (Å²) in [5.41, 5.74) is 2.58. The number of aromatic nitrogens is 1. The Morgan fingerprint density at radius 2 is 2.10 bits per heavy atom. The monoisotopic (exact) mass is 307 g/mol. The molecule has 2 heterocycles. The van der Waals surface area contributed by atoms with Gasteiger partial charge in [0.25, 0.3) is 0 Å². The van der Waals surface area contributed by atoms with Gasteiger partial charge in [0.2, 0.25) is 0 Å². The van der Waals surface area contributed by atoms with Gasteiger partial charge in [0, 0.05) is 48.4 Å². The van der Waals surface area contributed by atoms with Crippen molar-refractivity contribution >= 4 is 11.8 Å². The number of nitrogens with zero attached hydrogens (tertiary/aromatic N) is 2. The van der Waals surface area contributed by atoms with Gasteiger partial charge in [0.05, 0.1) is 5.69 Å². The first-order chi connectivity index (χ1) is 9.73. The third-order valence-electron chi connectivity index (χ3n) is 3.60. The Balaban J connectivity index is 1.87. The third-order valence-corrected chi connectivity index (χ3v) is 4.90. The van der Waals surface area contributed by atoms with Crippen molar-refractivity contribution < 1.29 is 0 Å². The second-order valence-corrected chi connectivity index (χ2v) is 9.38. The molecule has 3 nitrogen and oxygen atoms in total. The molecular formula is C17H29N3S. The summed E-state index contributed by atoms with van der Waals surface area (Å²) in [5, 5.41) is 3.50. The quantitative estimate of drug-likeness (QED) is 0.924. The van der Waals surface area contributed by atoms with E-state index in [4.69, 9.17) is 0 Å². The molecule has 2 rings (SSSR count). The minimum absolute atomic E-state index is 0.149. The van der Waals surface area contributed by atoms with Crippen LogP contribution in [0.5, 0.6) is 0 Å². The van der Waals surface area contributed by atoms with E-state index < -0.39 is 0 Å². The van der Waals surface area contributed by atoms with Gasteiger partial charge in [-0.15, -0.1) is 0 Å². The summed E-state index contributed by atoms with van der Waals surface area (Å²) in [4.78, 5) is 7.15. The average molecular weight is 308 g/mol. The predicted molar refractivity (Wildman–Crippen MR) is 92.6 cm³/mol. The number of hydrogen-bond acceptors (Lipinski definition) is 4. The Hall–Kier alpha value is -0.580. The van der Waals surface area contributed by atoms with Crippen LogP contribution in [-0.4, -0.2) is 39.0 Å². The normalized spacial score (nSPS) is 19.7. The van der Waals surface area contributed by atoms with E-state index >= 15 is 0 Å². The summed E-state index contributed by atoms with van der Waals surface area (Å²) in [5.74, 6) is 1.22. The largest absolute Gasteiger partial charge is 0.308 e. The van der Waals surface area contributed by atoms with Crippen molar-refractivity contribution in [3.05, 3.63) is 29.6 Å². The van der Waals surface area contributed by atoms with Crippen LogP contribution in [0.4, 0.5) is 0 Å². The molecule has 0 atom stereocenters. The van der Waals surface area contributed by atoms with Crippen molar-refractivity contribution in [2.75, 3.05) is 18.8 Å². The molecule has 0 radical (unpaired) electrons. The number of pyridine rings is 1. The lowest BCUT2D eigenvalue weighted by Crippen LogP contribution is -2.42. The summed E-state index contributed by atoms with van der Waals surface area (Å²) < 4.78 is 0.370. The molecule has 1 aromatic rings. The van der Waals surface area contributed by atoms with Crippen LogP contribution in [-0.2, 0) is 13.1 Å². The van der Waals surface area contributed by atoms with E-state index in [1.165, 1.54) is 23.6 Å². The Morgan fingerprint density at radius 3 is 2.67 bits per heavy atom. The molecule has 0 aromatic carbocycles. The first-order valence-corrected chi connectivity index (χ1v) is 8.77. The van der Waals surface area contributed by atoms with Crippen molar-refractivity contribution in [3.63, 3.8) is 0 Å². The van der Waals surface area contributed by atoms with Gasteiger partial charge in [-0.05, 0) is 46.2 Å². The topological polar surface area (TPSA) is 28.2 Å². The van der Waals surface area contributed by atoms with Crippen LogP contribution >= 0.6 is 11.8 Å². The molecule has 0 bridgehead atoms. The Bertz CT molecular complexity index is 448. The van der Waals surface area contributed by atoms with E-state index in [0.717, 1.165) is 19.6 Å². The zero-order chi connectivity index (χ0) is 15.5. The lowest BCUT2D eigenvalue weighted by Gasteiger charge is -2.37. The van der Waals surface area contributed by atoms with Crippen molar-refractivity contribution in [1.29, 1.82) is 0 Å². The molecule has 1 N–H and O–H groups in total. The Labute approximate surface area is 133 Å². The van der Waals surface area contributed by atoms with E-state index in [2.05, 4.69) is 73.7 Å². The van der Waals surface area contributed by atoms with Crippen LogP contribution in [0.2, 0.25) is 0 Å². The Kier molecular flexibility index (Phi) is 5.33. The van der Waals surface area contributed by atoms with Gasteiger partial charge in [0.1, 0.15) is 0 Å². The minimum Gasteiger partial charge on any atom is -0.308 e. The number of rotatable bonds is 4. The fourth-order valence-corrected chi connectivity index (χ4v) is 3.67. The minimum atomic E-state index is 0.149. The molecule has 0 aliphatic carbocycles. The maximum absolute atomic E-state index is 4.63. The molecule has 1 aromatic heterocycles. The molecule has 1 saturated heterocycles. The molecule has 1 fully saturated rings. The highest BCUT2D eigenvalue weighted by Gasteiger charge is 2.26. The molecule has 4 heteroatoms. The molecular weight excluding hydrogens is 278 g/mol. The second kappa shape index (κ2) is 6.67. The zero-order valence-corrected chi connectivity index (χ0v) is 14.9. The zero-order valence-electron chi connectivity index (χ0n) is 14.1. The highest BCUT2D eigenvalue weighted by Crippen LogP contribution is 2.29. The fourth-order valence-electron chi connectivity index (χ4n) is 2.50. The SMILES string of the molecule is CC(C)(C)NCc1ccc(CN2CCSC(C)(C)C2)nc1. The Morgan fingerprint density at radius 1 is 1.33 bits per heavy atom. The maximum atomic E-state index is 4.63. The van der Waals surface area contributed by atoms with Gasteiger partial charge in [-0.2, -0.15) is 11.8 Å². The molecule has 0 saturated carbocycles. The first kappa shape index (κ1) is 16.8. The van der Waals surface area contributed by atoms with Crippen LogP contribution in [0.3, 0.4) is 0 Å². The van der Waals surface area contributed by atoms with Crippen LogP contribution in [0, 0.1) is 0 Å². The molecule has 1 aliphatic rings. The lowest BCUT2D eigenvalue weighted by molar-refractivity contribution is 0.250. The van der Waals surface area contributed by atoms with Gasteiger partial charge in [-0.1, -0.05) is 6.07 Å². The molecule has 118 valence electrons. The highest BCUT2D eigenvalue weighted by atomic mass is 32.2. The van der Waals surface area contributed by atoms with Crippen molar-refractivity contribution in [3.8, 4) is 0 Å². The summed E-state index contributed by atoms with van der Waals surface area (Å²) in [7, 11) is 0. The molecule has 0 unspecified atom stereocenters. The average Bonchev–Trinajstić information content (AvgIpc) is 2.36. The van der Waals surface area contributed by atoms with Gasteiger partial charge in [0.15, 0.2) is 0 Å². The van der Waals surface area contributed by atoms with Gasteiger partial charge >= 0.3 is 0 Å². The smallest absolute Gasteiger partial charge is 0.0544 e. The first-order valence-electron chi connectivity index (χ1n) is 7.79. The highest BCUT2D eigenvalue weighted by molar-refractivity contribution is 8.00. The van der Waals surface area contributed by atoms with Crippen LogP contribution < -0.4 is 5.32 Å². The maximum Gasteiger partial charge on any atom is 0.0544 e. The number of nitrogens with one attached hydrogen (secondary N) is 1. The standard InChI is InChI=1S/C17H29N3S/c1-16(2,3)19-11-14-6-7-15(18-10-14)12-20-8-9-21-17(4,5)13-20/h6-7,10,19H,8-9,11-13H2,1-5H3. The lowest BCUT2D eigenvalue weighted by atomic mass is 10.1. The van der Waals surface area contributed by atoms with Crippen LogP contribution in [0.1, 0.15) is 45.9 Å². The second-order valence-electron chi connectivity index (χ2n) is 7.58. The summed E-state index contributed by atoms with van der Waals surface area (Å²) in [6.07, 6.45) is 2.01. The number of thioether (sulfide) groups is 1. The van der Waals surface area contributed by atoms with Crippen LogP contribution in [0.15, 0.2) is 18.3 Å². The molecule has 0 spiro atoms. The fraction of sp³-hybridized carbons (Fsp3) is 0.706. The molecule has 21 heavy (non-hydrogen) atoms. The summed E-state index contributed by atoms with van der Waals surface area (Å²) in [6.45, 7) is 15.4. The summed E-state index contributed by atoms with van der Waals surface area (Å²) >= 11 is 2.08.